The summed E-state index contributed by atoms with van der Waals surface area (Å²) in [5.74, 6) is -1.23. The molecule has 0 aliphatic heterocycles. The quantitative estimate of drug-likeness (QED) is 0.506. The molecule has 0 aromatic heterocycles. The zero-order valence-electron chi connectivity index (χ0n) is 19.9. The number of carboxylic acids is 1. The van der Waals surface area contributed by atoms with Gasteiger partial charge in [0.25, 0.3) is 0 Å². The first-order valence-electron chi connectivity index (χ1n) is 12.1. The number of hydrogen-bond acceptors (Lipinski definition) is 5. The first-order chi connectivity index (χ1) is 17.0. The van der Waals surface area contributed by atoms with E-state index < -0.39 is 18.1 Å². The number of nitrogens with one attached hydrogen (secondary N) is 2. The smallest absolute Gasteiger partial charge is 0.407 e. The Kier molecular flexibility index (Phi) is 8.02. The summed E-state index contributed by atoms with van der Waals surface area (Å²) in [5.41, 5.74) is 4.52. The van der Waals surface area contributed by atoms with Crippen LogP contribution < -0.4 is 10.6 Å². The van der Waals surface area contributed by atoms with Crippen molar-refractivity contribution in [2.24, 2.45) is 11.8 Å². The third-order valence-electron chi connectivity index (χ3n) is 7.05. The summed E-state index contributed by atoms with van der Waals surface area (Å²) >= 11 is 0. The standard InChI is InChI=1S/C27H32N2O6/c1-34-16-24(25(30)28-14-17-10-12-18(13-11-17)26(31)32)29-27(33)35-15-23-21-8-4-2-6-19(21)20-7-3-5-9-22(20)23/h2-9,17-18,23-24H,10-16H2,1H3,(H,28,30)(H,29,33)(H,31,32). The first-order valence-corrected chi connectivity index (χ1v) is 12.1. The lowest BCUT2D eigenvalue weighted by Gasteiger charge is -2.27. The van der Waals surface area contributed by atoms with Crippen LogP contribution in [0.3, 0.4) is 0 Å². The molecule has 2 aromatic carbocycles. The van der Waals surface area contributed by atoms with Crippen LogP contribution >= 0.6 is 0 Å². The van der Waals surface area contributed by atoms with E-state index >= 15 is 0 Å². The van der Waals surface area contributed by atoms with Gasteiger partial charge in [-0.05, 0) is 53.9 Å². The maximum absolute atomic E-state index is 12.7. The molecule has 0 saturated heterocycles. The van der Waals surface area contributed by atoms with Crippen LogP contribution in [0.15, 0.2) is 48.5 Å². The summed E-state index contributed by atoms with van der Waals surface area (Å²) in [6.07, 6.45) is 2.08. The van der Waals surface area contributed by atoms with E-state index in [1.165, 1.54) is 7.11 Å². The molecule has 0 spiro atoms. The minimum absolute atomic E-state index is 0.0157. The summed E-state index contributed by atoms with van der Waals surface area (Å²) in [6, 6.07) is 15.3. The van der Waals surface area contributed by atoms with Crippen molar-refractivity contribution in [3.63, 3.8) is 0 Å². The van der Waals surface area contributed by atoms with Gasteiger partial charge >= 0.3 is 12.1 Å². The zero-order chi connectivity index (χ0) is 24.8. The van der Waals surface area contributed by atoms with Crippen LogP contribution in [0.2, 0.25) is 0 Å². The lowest BCUT2D eigenvalue weighted by molar-refractivity contribution is -0.143. The highest BCUT2D eigenvalue weighted by Gasteiger charge is 2.30. The minimum atomic E-state index is -0.883. The number of alkyl carbamates (subject to hydrolysis) is 1. The average molecular weight is 481 g/mol. The van der Waals surface area contributed by atoms with Crippen molar-refractivity contribution in [3.8, 4) is 11.1 Å². The van der Waals surface area contributed by atoms with Gasteiger partial charge in [0, 0.05) is 19.6 Å². The molecule has 2 aliphatic rings. The third-order valence-corrected chi connectivity index (χ3v) is 7.05. The van der Waals surface area contributed by atoms with Crippen LogP contribution in [0.5, 0.6) is 0 Å². The van der Waals surface area contributed by atoms with Gasteiger partial charge < -0.3 is 25.2 Å². The molecule has 8 nitrogen and oxygen atoms in total. The summed E-state index contributed by atoms with van der Waals surface area (Å²) in [4.78, 5) is 36.4. The molecular formula is C27H32N2O6. The first kappa shape index (κ1) is 24.7. The van der Waals surface area contributed by atoms with Crippen LogP contribution in [0.25, 0.3) is 11.1 Å². The van der Waals surface area contributed by atoms with Crippen molar-refractivity contribution in [1.82, 2.24) is 10.6 Å². The Morgan fingerprint density at radius 2 is 1.57 bits per heavy atom. The molecular weight excluding hydrogens is 448 g/mol. The van der Waals surface area contributed by atoms with Gasteiger partial charge in [-0.2, -0.15) is 0 Å². The van der Waals surface area contributed by atoms with Gasteiger partial charge in [0.05, 0.1) is 12.5 Å². The second-order valence-electron chi connectivity index (χ2n) is 9.28. The van der Waals surface area contributed by atoms with Gasteiger partial charge in [0.15, 0.2) is 0 Å². The number of hydrogen-bond donors (Lipinski definition) is 3. The molecule has 2 aromatic rings. The molecule has 1 unspecified atom stereocenters. The summed E-state index contributed by atoms with van der Waals surface area (Å²) in [7, 11) is 1.47. The predicted octanol–water partition coefficient (Wildman–Crippen LogP) is 3.55. The van der Waals surface area contributed by atoms with Gasteiger partial charge in [-0.25, -0.2) is 4.79 Å². The maximum atomic E-state index is 12.7. The lowest BCUT2D eigenvalue weighted by Crippen LogP contribution is -2.50. The molecule has 3 N–H and O–H groups in total. The second kappa shape index (κ2) is 11.4. The van der Waals surface area contributed by atoms with Crippen LogP contribution in [0, 0.1) is 11.8 Å². The SMILES string of the molecule is COCC(NC(=O)OCC1c2ccccc2-c2ccccc21)C(=O)NCC1CCC(C(=O)O)CC1. The van der Waals surface area contributed by atoms with E-state index in [4.69, 9.17) is 14.6 Å². The van der Waals surface area contributed by atoms with E-state index in [0.29, 0.717) is 19.4 Å². The van der Waals surface area contributed by atoms with E-state index in [0.717, 1.165) is 35.1 Å². The Balaban J connectivity index is 1.29. The predicted molar refractivity (Wildman–Crippen MR) is 130 cm³/mol. The number of amides is 2. The fourth-order valence-electron chi connectivity index (χ4n) is 5.11. The molecule has 1 atom stereocenters. The fourth-order valence-corrected chi connectivity index (χ4v) is 5.11. The van der Waals surface area contributed by atoms with Gasteiger partial charge in [-0.3, -0.25) is 9.59 Å². The number of methoxy groups -OCH3 is 1. The molecule has 4 rings (SSSR count). The number of rotatable bonds is 9. The zero-order valence-corrected chi connectivity index (χ0v) is 19.9. The number of ether oxygens (including phenoxy) is 2. The summed E-state index contributed by atoms with van der Waals surface area (Å²) in [6.45, 7) is 0.619. The Morgan fingerprint density at radius 3 is 2.14 bits per heavy atom. The van der Waals surface area contributed by atoms with Crippen LogP contribution in [-0.4, -0.2) is 56.0 Å². The molecule has 0 radical (unpaired) electrons. The maximum Gasteiger partial charge on any atom is 0.407 e. The third kappa shape index (κ3) is 5.82. The molecule has 186 valence electrons. The van der Waals surface area contributed by atoms with Crippen molar-refractivity contribution in [2.45, 2.75) is 37.6 Å². The Labute approximate surface area is 205 Å². The molecule has 2 aliphatic carbocycles. The Hall–Kier alpha value is -3.39. The monoisotopic (exact) mass is 480 g/mol. The molecule has 2 amide bonds. The van der Waals surface area contributed by atoms with Crippen LogP contribution in [0.4, 0.5) is 4.79 Å². The van der Waals surface area contributed by atoms with Gasteiger partial charge in [-0.15, -0.1) is 0 Å². The van der Waals surface area contributed by atoms with E-state index in [2.05, 4.69) is 22.8 Å². The number of carbonyl (C=O) groups excluding carboxylic acids is 2. The van der Waals surface area contributed by atoms with Crippen molar-refractivity contribution in [3.05, 3.63) is 59.7 Å². The van der Waals surface area contributed by atoms with Crippen molar-refractivity contribution >= 4 is 18.0 Å². The second-order valence-corrected chi connectivity index (χ2v) is 9.28. The topological polar surface area (TPSA) is 114 Å². The molecule has 0 bridgehead atoms. The van der Waals surface area contributed by atoms with Crippen molar-refractivity contribution < 1.29 is 29.0 Å². The van der Waals surface area contributed by atoms with E-state index in [1.807, 2.05) is 36.4 Å². The number of aliphatic carboxylic acids is 1. The number of fused-ring (bicyclic) bond motifs is 3. The van der Waals surface area contributed by atoms with E-state index in [1.54, 1.807) is 0 Å². The highest BCUT2D eigenvalue weighted by atomic mass is 16.5. The molecule has 8 heteroatoms. The van der Waals surface area contributed by atoms with Gasteiger partial charge in [0.1, 0.15) is 12.6 Å². The normalized spacial score (nSPS) is 19.8. The highest BCUT2D eigenvalue weighted by Crippen LogP contribution is 2.44. The van der Waals surface area contributed by atoms with Crippen molar-refractivity contribution in [2.75, 3.05) is 26.9 Å². The van der Waals surface area contributed by atoms with Crippen LogP contribution in [-0.2, 0) is 19.1 Å². The molecule has 35 heavy (non-hydrogen) atoms. The number of benzene rings is 2. The van der Waals surface area contributed by atoms with Crippen molar-refractivity contribution in [1.29, 1.82) is 0 Å². The minimum Gasteiger partial charge on any atom is -0.481 e. The highest BCUT2D eigenvalue weighted by molar-refractivity contribution is 5.86. The molecule has 0 heterocycles. The molecule has 1 saturated carbocycles. The Morgan fingerprint density at radius 1 is 0.971 bits per heavy atom. The summed E-state index contributed by atoms with van der Waals surface area (Å²) < 4.78 is 10.7. The van der Waals surface area contributed by atoms with Gasteiger partial charge in [0.2, 0.25) is 5.91 Å². The van der Waals surface area contributed by atoms with Crippen LogP contribution in [0.1, 0.15) is 42.7 Å². The number of carbonyl (C=O) groups is 3. The molecule has 1 fully saturated rings. The summed E-state index contributed by atoms with van der Waals surface area (Å²) in [5, 5.41) is 14.6. The fraction of sp³-hybridized carbons (Fsp3) is 0.444. The largest absolute Gasteiger partial charge is 0.481 e. The average Bonchev–Trinajstić information content (AvgIpc) is 3.19. The lowest BCUT2D eigenvalue weighted by atomic mass is 9.82. The van der Waals surface area contributed by atoms with E-state index in [-0.39, 0.29) is 36.9 Å². The Bertz CT molecular complexity index is 1020. The van der Waals surface area contributed by atoms with E-state index in [9.17, 15) is 14.4 Å². The number of carboxylic acid groups (broad SMARTS) is 1. The van der Waals surface area contributed by atoms with Gasteiger partial charge in [-0.1, -0.05) is 48.5 Å².